The van der Waals surface area contributed by atoms with Gasteiger partial charge < -0.3 is 10.6 Å². The van der Waals surface area contributed by atoms with Crippen molar-refractivity contribution in [2.45, 2.75) is 36.4 Å². The monoisotopic (exact) mass is 260 g/mol. The van der Waals surface area contributed by atoms with Gasteiger partial charge in [-0.25, -0.2) is 0 Å². The molecular weight excluding hydrogens is 244 g/mol. The van der Waals surface area contributed by atoms with Gasteiger partial charge in [-0.1, -0.05) is 23.1 Å². The van der Waals surface area contributed by atoms with E-state index >= 15 is 0 Å². The Hall–Kier alpha value is -0.820. The summed E-state index contributed by atoms with van der Waals surface area (Å²) in [6.45, 7) is 5.75. The summed E-state index contributed by atoms with van der Waals surface area (Å²) in [5.74, 6) is 0.0289. The van der Waals surface area contributed by atoms with Gasteiger partial charge in [0.05, 0.1) is 5.25 Å². The number of nitrogens with one attached hydrogen (secondary N) is 2. The second-order valence-electron chi connectivity index (χ2n) is 3.55. The van der Waals surface area contributed by atoms with Crippen molar-refractivity contribution in [3.05, 3.63) is 0 Å². The molecule has 0 aliphatic heterocycles. The minimum absolute atomic E-state index is 0.0289. The highest BCUT2D eigenvalue weighted by Crippen LogP contribution is 2.28. The molecule has 0 fully saturated rings. The van der Waals surface area contributed by atoms with Crippen molar-refractivity contribution in [3.63, 3.8) is 0 Å². The maximum atomic E-state index is 11.6. The molecule has 1 atom stereocenters. The number of aromatic nitrogens is 2. The fourth-order valence-corrected chi connectivity index (χ4v) is 2.82. The summed E-state index contributed by atoms with van der Waals surface area (Å²) in [6, 6.07) is 0.165. The highest BCUT2D eigenvalue weighted by molar-refractivity contribution is 8.02. The van der Waals surface area contributed by atoms with E-state index in [0.29, 0.717) is 0 Å². The van der Waals surface area contributed by atoms with Gasteiger partial charge >= 0.3 is 0 Å². The molecule has 0 bridgehead atoms. The molecule has 0 spiro atoms. The summed E-state index contributed by atoms with van der Waals surface area (Å²) in [4.78, 5) is 11.6. The summed E-state index contributed by atoms with van der Waals surface area (Å²) in [6.07, 6.45) is 0. The Labute approximate surface area is 103 Å². The van der Waals surface area contributed by atoms with Crippen LogP contribution in [0.3, 0.4) is 0 Å². The van der Waals surface area contributed by atoms with Crippen LogP contribution in [0.1, 0.15) is 20.8 Å². The normalized spacial score (nSPS) is 12.6. The zero-order valence-corrected chi connectivity index (χ0v) is 11.4. The van der Waals surface area contributed by atoms with Gasteiger partial charge in [0.2, 0.25) is 11.0 Å². The summed E-state index contributed by atoms with van der Waals surface area (Å²) in [7, 11) is 1.80. The van der Waals surface area contributed by atoms with Gasteiger partial charge in [0.25, 0.3) is 0 Å². The molecule has 5 nitrogen and oxygen atoms in total. The van der Waals surface area contributed by atoms with Gasteiger partial charge in [-0.05, 0) is 20.8 Å². The highest BCUT2D eigenvalue weighted by atomic mass is 32.2. The third-order valence-corrected chi connectivity index (χ3v) is 3.82. The third-order valence-electron chi connectivity index (χ3n) is 1.70. The van der Waals surface area contributed by atoms with Crippen molar-refractivity contribution in [1.82, 2.24) is 15.5 Å². The molecule has 2 N–H and O–H groups in total. The van der Waals surface area contributed by atoms with Gasteiger partial charge in [-0.3, -0.25) is 4.79 Å². The SMILES string of the molecule is CNc1nnc(S[C@H](C)C(=O)NC(C)C)s1. The predicted octanol–water partition coefficient (Wildman–Crippen LogP) is 1.58. The van der Waals surface area contributed by atoms with Crippen LogP contribution in [0, 0.1) is 0 Å². The number of anilines is 1. The maximum absolute atomic E-state index is 11.6. The lowest BCUT2D eigenvalue weighted by Gasteiger charge is -2.12. The van der Waals surface area contributed by atoms with E-state index in [-0.39, 0.29) is 17.2 Å². The van der Waals surface area contributed by atoms with Gasteiger partial charge in [0.1, 0.15) is 0 Å². The van der Waals surface area contributed by atoms with E-state index in [1.54, 1.807) is 7.05 Å². The third kappa shape index (κ3) is 3.97. The lowest BCUT2D eigenvalue weighted by atomic mass is 10.3. The van der Waals surface area contributed by atoms with Crippen LogP contribution in [0.25, 0.3) is 0 Å². The number of amides is 1. The first-order valence-electron chi connectivity index (χ1n) is 5.01. The molecule has 1 aromatic rings. The standard InChI is InChI=1S/C9H16N4OS2/c1-5(2)11-7(14)6(3)15-9-13-12-8(10-4)16-9/h5-6H,1-4H3,(H,10,12)(H,11,14)/t6-/m1/s1. The Morgan fingerprint density at radius 3 is 2.56 bits per heavy atom. The van der Waals surface area contributed by atoms with Crippen molar-refractivity contribution >= 4 is 34.1 Å². The van der Waals surface area contributed by atoms with Crippen molar-refractivity contribution in [2.24, 2.45) is 0 Å². The van der Waals surface area contributed by atoms with Crippen LogP contribution < -0.4 is 10.6 Å². The topological polar surface area (TPSA) is 66.9 Å². The lowest BCUT2D eigenvalue weighted by Crippen LogP contribution is -2.35. The van der Waals surface area contributed by atoms with Crippen LogP contribution in [-0.2, 0) is 4.79 Å². The second kappa shape index (κ2) is 6.05. The van der Waals surface area contributed by atoms with Gasteiger partial charge in [-0.2, -0.15) is 0 Å². The van der Waals surface area contributed by atoms with Crippen LogP contribution in [0.2, 0.25) is 0 Å². The van der Waals surface area contributed by atoms with E-state index in [1.165, 1.54) is 23.1 Å². The Morgan fingerprint density at radius 1 is 1.38 bits per heavy atom. The fraction of sp³-hybridized carbons (Fsp3) is 0.667. The summed E-state index contributed by atoms with van der Waals surface area (Å²) in [5.41, 5.74) is 0. The van der Waals surface area contributed by atoms with Crippen molar-refractivity contribution < 1.29 is 4.79 Å². The van der Waals surface area contributed by atoms with E-state index in [0.717, 1.165) is 9.47 Å². The minimum atomic E-state index is -0.153. The quantitative estimate of drug-likeness (QED) is 0.787. The van der Waals surface area contributed by atoms with Gasteiger partial charge in [0.15, 0.2) is 4.34 Å². The molecular formula is C9H16N4OS2. The molecule has 7 heteroatoms. The average Bonchev–Trinajstić information content (AvgIpc) is 2.64. The van der Waals surface area contributed by atoms with Crippen LogP contribution in [-0.4, -0.2) is 34.4 Å². The number of carbonyl (C=O) groups is 1. The molecule has 0 aliphatic rings. The average molecular weight is 260 g/mol. The molecule has 1 heterocycles. The largest absolute Gasteiger partial charge is 0.363 e. The molecule has 16 heavy (non-hydrogen) atoms. The molecule has 0 saturated heterocycles. The number of rotatable bonds is 5. The van der Waals surface area contributed by atoms with E-state index in [2.05, 4.69) is 20.8 Å². The van der Waals surface area contributed by atoms with Crippen LogP contribution >= 0.6 is 23.1 Å². The predicted molar refractivity (Wildman–Crippen MR) is 68.1 cm³/mol. The number of nitrogens with zero attached hydrogens (tertiary/aromatic N) is 2. The zero-order chi connectivity index (χ0) is 12.1. The number of hydrogen-bond donors (Lipinski definition) is 2. The first kappa shape index (κ1) is 13.2. The van der Waals surface area contributed by atoms with Crippen molar-refractivity contribution in [2.75, 3.05) is 12.4 Å². The number of hydrogen-bond acceptors (Lipinski definition) is 6. The molecule has 1 amide bonds. The molecule has 1 rings (SSSR count). The van der Waals surface area contributed by atoms with E-state index in [4.69, 9.17) is 0 Å². The number of thioether (sulfide) groups is 1. The fourth-order valence-electron chi connectivity index (χ4n) is 0.965. The Bertz CT molecular complexity index is 353. The molecule has 0 aliphatic carbocycles. The lowest BCUT2D eigenvalue weighted by molar-refractivity contribution is -0.120. The van der Waals surface area contributed by atoms with Crippen LogP contribution in [0.15, 0.2) is 4.34 Å². The summed E-state index contributed by atoms with van der Waals surface area (Å²) < 4.78 is 0.802. The van der Waals surface area contributed by atoms with Crippen molar-refractivity contribution in [3.8, 4) is 0 Å². The first-order valence-corrected chi connectivity index (χ1v) is 6.70. The minimum Gasteiger partial charge on any atom is -0.363 e. The van der Waals surface area contributed by atoms with Crippen LogP contribution in [0.5, 0.6) is 0 Å². The molecule has 0 aromatic carbocycles. The Morgan fingerprint density at radius 2 is 2.06 bits per heavy atom. The van der Waals surface area contributed by atoms with E-state index in [1.807, 2.05) is 20.8 Å². The molecule has 0 unspecified atom stereocenters. The van der Waals surface area contributed by atoms with Gasteiger partial charge in [0, 0.05) is 13.1 Å². The first-order chi connectivity index (χ1) is 7.52. The second-order valence-corrected chi connectivity index (χ2v) is 6.11. The number of carbonyl (C=O) groups excluding carboxylic acids is 1. The van der Waals surface area contributed by atoms with Crippen LogP contribution in [0.4, 0.5) is 5.13 Å². The summed E-state index contributed by atoms with van der Waals surface area (Å²) >= 11 is 2.87. The smallest absolute Gasteiger partial charge is 0.233 e. The highest BCUT2D eigenvalue weighted by Gasteiger charge is 2.17. The molecule has 90 valence electrons. The van der Waals surface area contributed by atoms with Gasteiger partial charge in [-0.15, -0.1) is 10.2 Å². The Kier molecular flexibility index (Phi) is 5.01. The zero-order valence-electron chi connectivity index (χ0n) is 9.77. The molecule has 1 aromatic heterocycles. The molecule has 0 saturated carbocycles. The van der Waals surface area contributed by atoms with E-state index < -0.39 is 0 Å². The Balaban J connectivity index is 2.50. The molecule has 0 radical (unpaired) electrons. The summed E-state index contributed by atoms with van der Waals surface area (Å²) in [5, 5.41) is 14.3. The van der Waals surface area contributed by atoms with Crippen molar-refractivity contribution in [1.29, 1.82) is 0 Å². The maximum Gasteiger partial charge on any atom is 0.233 e. The van der Waals surface area contributed by atoms with E-state index in [9.17, 15) is 4.79 Å².